The van der Waals surface area contributed by atoms with Gasteiger partial charge in [0.25, 0.3) is 0 Å². The zero-order valence-corrected chi connectivity index (χ0v) is 10.9. The predicted octanol–water partition coefficient (Wildman–Crippen LogP) is 2.45. The summed E-state index contributed by atoms with van der Waals surface area (Å²) < 4.78 is 0. The first-order chi connectivity index (χ1) is 7.76. The Morgan fingerprint density at radius 1 is 1.19 bits per heavy atom. The number of unbranched alkanes of at least 4 members (excludes halogenated alkanes) is 3. The monoisotopic (exact) mass is 228 g/mol. The van der Waals surface area contributed by atoms with E-state index >= 15 is 0 Å². The van der Waals surface area contributed by atoms with Gasteiger partial charge in [0.05, 0.1) is 0 Å². The fourth-order valence-corrected chi connectivity index (χ4v) is 1.77. The van der Waals surface area contributed by atoms with Crippen LogP contribution in [0.5, 0.6) is 0 Å². The van der Waals surface area contributed by atoms with E-state index in [0.717, 1.165) is 51.6 Å². The lowest BCUT2D eigenvalue weighted by atomic mass is 9.98. The zero-order chi connectivity index (χ0) is 12.2. The molecule has 1 atom stereocenters. The van der Waals surface area contributed by atoms with Crippen LogP contribution < -0.4 is 11.1 Å². The van der Waals surface area contributed by atoms with Crippen LogP contribution in [0, 0.1) is 5.92 Å². The second-order valence-electron chi connectivity index (χ2n) is 4.39. The Labute approximate surface area is 100 Å². The Hall–Kier alpha value is -0.570. The fraction of sp³-hybridized carbons (Fsp3) is 0.923. The van der Waals surface area contributed by atoms with Gasteiger partial charge in [-0.15, -0.1) is 0 Å². The van der Waals surface area contributed by atoms with Crippen molar-refractivity contribution in [3.8, 4) is 0 Å². The largest absolute Gasteiger partial charge is 0.356 e. The van der Waals surface area contributed by atoms with Crippen LogP contribution in [-0.4, -0.2) is 19.0 Å². The van der Waals surface area contributed by atoms with Gasteiger partial charge in [0.15, 0.2) is 0 Å². The molecule has 96 valence electrons. The van der Waals surface area contributed by atoms with Crippen molar-refractivity contribution in [3.63, 3.8) is 0 Å². The van der Waals surface area contributed by atoms with Gasteiger partial charge in [-0.05, 0) is 32.2 Å². The molecule has 3 N–H and O–H groups in total. The minimum absolute atomic E-state index is 0.217. The minimum Gasteiger partial charge on any atom is -0.356 e. The van der Waals surface area contributed by atoms with Gasteiger partial charge < -0.3 is 11.1 Å². The minimum atomic E-state index is 0.217. The summed E-state index contributed by atoms with van der Waals surface area (Å²) in [4.78, 5) is 11.8. The number of nitrogens with two attached hydrogens (primary N) is 1. The first-order valence-electron chi connectivity index (χ1n) is 6.74. The normalized spacial score (nSPS) is 12.4. The summed E-state index contributed by atoms with van der Waals surface area (Å²) >= 11 is 0. The number of carbonyl (C=O) groups is 1. The molecule has 0 aromatic carbocycles. The molecule has 16 heavy (non-hydrogen) atoms. The number of rotatable bonds is 10. The first kappa shape index (κ1) is 15.4. The maximum Gasteiger partial charge on any atom is 0.223 e. The average molecular weight is 228 g/mol. The Morgan fingerprint density at radius 3 is 2.50 bits per heavy atom. The third-order valence-electron chi connectivity index (χ3n) is 2.95. The number of amides is 1. The quantitative estimate of drug-likeness (QED) is 0.564. The van der Waals surface area contributed by atoms with Gasteiger partial charge in [0.1, 0.15) is 0 Å². The van der Waals surface area contributed by atoms with E-state index in [0.29, 0.717) is 0 Å². The highest BCUT2D eigenvalue weighted by molar-refractivity contribution is 5.78. The van der Waals surface area contributed by atoms with Crippen molar-refractivity contribution in [3.05, 3.63) is 0 Å². The zero-order valence-electron chi connectivity index (χ0n) is 10.9. The Balaban J connectivity index is 3.58. The van der Waals surface area contributed by atoms with Crippen LogP contribution in [-0.2, 0) is 4.79 Å². The standard InChI is InChI=1S/C13H28N2O/c1-3-5-9-12(4-2)13(16)15-11-8-6-7-10-14/h12H,3-11,14H2,1-2H3,(H,15,16). The SMILES string of the molecule is CCCCC(CC)C(=O)NCCCCCN. The molecule has 0 aliphatic carbocycles. The molecule has 0 saturated carbocycles. The average Bonchev–Trinajstić information content (AvgIpc) is 2.30. The van der Waals surface area contributed by atoms with Crippen LogP contribution in [0.4, 0.5) is 0 Å². The van der Waals surface area contributed by atoms with E-state index in [1.54, 1.807) is 0 Å². The van der Waals surface area contributed by atoms with Crippen LogP contribution >= 0.6 is 0 Å². The summed E-state index contributed by atoms with van der Waals surface area (Å²) in [5, 5.41) is 3.02. The molecule has 0 aromatic heterocycles. The molecule has 1 amide bonds. The second kappa shape index (κ2) is 10.9. The summed E-state index contributed by atoms with van der Waals surface area (Å²) in [5.41, 5.74) is 5.41. The van der Waals surface area contributed by atoms with Gasteiger partial charge in [-0.1, -0.05) is 33.1 Å². The number of hydrogen-bond donors (Lipinski definition) is 2. The molecule has 0 fully saturated rings. The van der Waals surface area contributed by atoms with Crippen molar-refractivity contribution in [2.45, 2.75) is 58.8 Å². The summed E-state index contributed by atoms with van der Waals surface area (Å²) in [6, 6.07) is 0. The summed E-state index contributed by atoms with van der Waals surface area (Å²) in [5.74, 6) is 0.457. The van der Waals surface area contributed by atoms with E-state index in [1.807, 2.05) is 0 Å². The van der Waals surface area contributed by atoms with Gasteiger partial charge in [-0.2, -0.15) is 0 Å². The van der Waals surface area contributed by atoms with Crippen molar-refractivity contribution < 1.29 is 4.79 Å². The molecule has 0 aliphatic heterocycles. The van der Waals surface area contributed by atoms with Gasteiger partial charge in [0.2, 0.25) is 5.91 Å². The van der Waals surface area contributed by atoms with E-state index in [4.69, 9.17) is 5.73 Å². The van der Waals surface area contributed by atoms with Crippen LogP contribution in [0.3, 0.4) is 0 Å². The molecule has 0 spiro atoms. The molecular weight excluding hydrogens is 200 g/mol. The van der Waals surface area contributed by atoms with Crippen LogP contribution in [0.25, 0.3) is 0 Å². The van der Waals surface area contributed by atoms with Gasteiger partial charge in [-0.25, -0.2) is 0 Å². The molecule has 0 aromatic rings. The first-order valence-corrected chi connectivity index (χ1v) is 6.74. The Kier molecular flexibility index (Phi) is 10.5. The number of nitrogens with one attached hydrogen (secondary N) is 1. The molecule has 0 radical (unpaired) electrons. The maximum atomic E-state index is 11.8. The molecule has 0 heterocycles. The van der Waals surface area contributed by atoms with E-state index in [2.05, 4.69) is 19.2 Å². The second-order valence-corrected chi connectivity index (χ2v) is 4.39. The number of hydrogen-bond acceptors (Lipinski definition) is 2. The smallest absolute Gasteiger partial charge is 0.223 e. The highest BCUT2D eigenvalue weighted by Gasteiger charge is 2.14. The molecule has 0 aliphatic rings. The summed E-state index contributed by atoms with van der Waals surface area (Å²) in [6.45, 7) is 5.81. The fourth-order valence-electron chi connectivity index (χ4n) is 1.77. The molecule has 3 nitrogen and oxygen atoms in total. The van der Waals surface area contributed by atoms with Crippen molar-refractivity contribution >= 4 is 5.91 Å². The van der Waals surface area contributed by atoms with E-state index in [1.165, 1.54) is 6.42 Å². The van der Waals surface area contributed by atoms with Crippen LogP contribution in [0.1, 0.15) is 58.8 Å². The van der Waals surface area contributed by atoms with Crippen molar-refractivity contribution in [1.82, 2.24) is 5.32 Å². The van der Waals surface area contributed by atoms with Gasteiger partial charge >= 0.3 is 0 Å². The van der Waals surface area contributed by atoms with Crippen LogP contribution in [0.15, 0.2) is 0 Å². The topological polar surface area (TPSA) is 55.1 Å². The van der Waals surface area contributed by atoms with Crippen molar-refractivity contribution in [2.75, 3.05) is 13.1 Å². The van der Waals surface area contributed by atoms with E-state index in [9.17, 15) is 4.79 Å². The van der Waals surface area contributed by atoms with E-state index in [-0.39, 0.29) is 11.8 Å². The maximum absolute atomic E-state index is 11.8. The third-order valence-corrected chi connectivity index (χ3v) is 2.95. The van der Waals surface area contributed by atoms with Crippen molar-refractivity contribution in [2.24, 2.45) is 11.7 Å². The lowest BCUT2D eigenvalue weighted by Gasteiger charge is -2.14. The Bertz CT molecular complexity index is 171. The van der Waals surface area contributed by atoms with Crippen LogP contribution in [0.2, 0.25) is 0 Å². The molecule has 0 saturated heterocycles. The van der Waals surface area contributed by atoms with Crippen molar-refractivity contribution in [1.29, 1.82) is 0 Å². The number of carbonyl (C=O) groups excluding carboxylic acids is 1. The summed E-state index contributed by atoms with van der Waals surface area (Å²) in [6.07, 6.45) is 7.52. The van der Waals surface area contributed by atoms with Gasteiger partial charge in [0, 0.05) is 12.5 Å². The molecule has 1 unspecified atom stereocenters. The molecular formula is C13H28N2O. The lowest BCUT2D eigenvalue weighted by molar-refractivity contribution is -0.125. The van der Waals surface area contributed by atoms with Gasteiger partial charge in [-0.3, -0.25) is 4.79 Å². The highest BCUT2D eigenvalue weighted by atomic mass is 16.1. The third kappa shape index (κ3) is 7.69. The highest BCUT2D eigenvalue weighted by Crippen LogP contribution is 2.12. The predicted molar refractivity (Wildman–Crippen MR) is 69.2 cm³/mol. The van der Waals surface area contributed by atoms with E-state index < -0.39 is 0 Å². The molecule has 3 heteroatoms. The molecule has 0 rings (SSSR count). The Morgan fingerprint density at radius 2 is 1.94 bits per heavy atom. The molecule has 0 bridgehead atoms. The summed E-state index contributed by atoms with van der Waals surface area (Å²) in [7, 11) is 0. The lowest BCUT2D eigenvalue weighted by Crippen LogP contribution is -2.31.